The first-order chi connectivity index (χ1) is 19.6. The van der Waals surface area contributed by atoms with E-state index in [4.69, 9.17) is 15.1 Å². The second-order valence-electron chi connectivity index (χ2n) is 11.4. The number of nitrogens with one attached hydrogen (secondary N) is 1. The van der Waals surface area contributed by atoms with Crippen LogP contribution in [0.15, 0.2) is 67.0 Å². The van der Waals surface area contributed by atoms with Gasteiger partial charge in [-0.05, 0) is 92.2 Å². The summed E-state index contributed by atoms with van der Waals surface area (Å²) >= 11 is 0. The predicted octanol–water partition coefficient (Wildman–Crippen LogP) is 7.24. The van der Waals surface area contributed by atoms with Crippen LogP contribution >= 0.6 is 0 Å². The number of benzene rings is 2. The Morgan fingerprint density at radius 2 is 1.73 bits per heavy atom. The molecule has 1 saturated carbocycles. The highest BCUT2D eigenvalue weighted by atomic mass is 16.4. The van der Waals surface area contributed by atoms with Crippen LogP contribution in [0.1, 0.15) is 62.1 Å². The molecule has 4 heterocycles. The molecule has 2 aliphatic rings. The van der Waals surface area contributed by atoms with Gasteiger partial charge in [0.1, 0.15) is 5.82 Å². The van der Waals surface area contributed by atoms with E-state index in [1.165, 1.54) is 35.2 Å². The Balaban J connectivity index is 1.06. The number of pyridine rings is 1. The minimum Gasteiger partial charge on any atom is -0.481 e. The van der Waals surface area contributed by atoms with E-state index in [2.05, 4.69) is 69.4 Å². The van der Waals surface area contributed by atoms with Gasteiger partial charge in [0.15, 0.2) is 0 Å². The number of carbonyl (C=O) groups is 1. The fourth-order valence-corrected chi connectivity index (χ4v) is 6.55. The van der Waals surface area contributed by atoms with Gasteiger partial charge in [-0.2, -0.15) is 5.10 Å². The van der Waals surface area contributed by atoms with Crippen molar-refractivity contribution in [3.05, 3.63) is 78.2 Å². The molecular formula is C33H33N5O2. The van der Waals surface area contributed by atoms with Crippen LogP contribution in [0.3, 0.4) is 0 Å². The van der Waals surface area contributed by atoms with Crippen molar-refractivity contribution in [2.45, 2.75) is 63.8 Å². The number of aromatic nitrogens is 5. The summed E-state index contributed by atoms with van der Waals surface area (Å²) in [7, 11) is 0. The number of carboxylic acids is 1. The molecular weight excluding hydrogens is 498 g/mol. The van der Waals surface area contributed by atoms with Crippen molar-refractivity contribution >= 4 is 17.0 Å². The van der Waals surface area contributed by atoms with E-state index < -0.39 is 5.97 Å². The van der Waals surface area contributed by atoms with Crippen LogP contribution < -0.4 is 0 Å². The number of rotatable bonds is 6. The van der Waals surface area contributed by atoms with Crippen LogP contribution in [0.4, 0.5) is 0 Å². The van der Waals surface area contributed by atoms with Gasteiger partial charge in [0.25, 0.3) is 0 Å². The molecule has 1 aliphatic carbocycles. The summed E-state index contributed by atoms with van der Waals surface area (Å²) < 4.78 is 2.15. The van der Waals surface area contributed by atoms with E-state index in [0.29, 0.717) is 18.3 Å². The number of hydrogen-bond donors (Lipinski definition) is 2. The molecule has 2 aromatic carbocycles. The molecule has 0 bridgehead atoms. The van der Waals surface area contributed by atoms with Gasteiger partial charge < -0.3 is 10.1 Å². The fraction of sp³-hybridized carbons (Fsp3) is 0.333. The summed E-state index contributed by atoms with van der Waals surface area (Å²) in [6.45, 7) is 1.01. The summed E-state index contributed by atoms with van der Waals surface area (Å²) in [5, 5.41) is 13.7. The Labute approximate surface area is 233 Å². The van der Waals surface area contributed by atoms with Crippen LogP contribution in [0.2, 0.25) is 0 Å². The Kier molecular flexibility index (Phi) is 6.42. The summed E-state index contributed by atoms with van der Waals surface area (Å²) in [4.78, 5) is 24.1. The molecule has 0 saturated heterocycles. The Hall–Kier alpha value is -4.26. The second-order valence-corrected chi connectivity index (χ2v) is 11.4. The molecule has 0 atom stereocenters. The lowest BCUT2D eigenvalue weighted by Crippen LogP contribution is -2.16. The zero-order valence-corrected chi connectivity index (χ0v) is 22.5. The van der Waals surface area contributed by atoms with E-state index in [1.807, 2.05) is 12.4 Å². The van der Waals surface area contributed by atoms with Crippen molar-refractivity contribution in [2.24, 2.45) is 5.92 Å². The number of nitrogens with zero attached hydrogens (tertiary/aromatic N) is 4. The van der Waals surface area contributed by atoms with Crippen molar-refractivity contribution in [1.82, 2.24) is 24.7 Å². The second kappa shape index (κ2) is 10.4. The van der Waals surface area contributed by atoms with Gasteiger partial charge in [-0.15, -0.1) is 0 Å². The largest absolute Gasteiger partial charge is 0.481 e. The molecule has 7 heteroatoms. The molecule has 0 amide bonds. The average Bonchev–Trinajstić information content (AvgIpc) is 3.62. The third kappa shape index (κ3) is 4.81. The SMILES string of the molecule is O=C(O)CC1CCC(c2ccc(-c3ccc(-c4nc5ccc(-c6cnn7c6CCCC7)cc5[nH]4)cn3)cc2)CC1. The van der Waals surface area contributed by atoms with Gasteiger partial charge in [0.05, 0.1) is 22.9 Å². The standard InChI is InChI=1S/C33H33N5O2/c39-32(40)17-21-4-6-22(7-5-21)23-8-10-24(11-9-23)28-14-13-26(19-34-28)33-36-29-15-12-25(18-30(29)37-33)27-20-35-38-16-2-1-3-31(27)38/h8-15,18-22H,1-7,16-17H2,(H,36,37)(H,39,40). The maximum atomic E-state index is 11.0. The highest BCUT2D eigenvalue weighted by Gasteiger charge is 2.24. The van der Waals surface area contributed by atoms with E-state index in [-0.39, 0.29) is 0 Å². The maximum Gasteiger partial charge on any atom is 0.303 e. The molecule has 1 fully saturated rings. The third-order valence-electron chi connectivity index (χ3n) is 8.80. The monoisotopic (exact) mass is 531 g/mol. The lowest BCUT2D eigenvalue weighted by molar-refractivity contribution is -0.138. The van der Waals surface area contributed by atoms with Crippen molar-refractivity contribution < 1.29 is 9.90 Å². The molecule has 0 spiro atoms. The van der Waals surface area contributed by atoms with Gasteiger partial charge in [0, 0.05) is 41.5 Å². The van der Waals surface area contributed by atoms with E-state index in [9.17, 15) is 4.79 Å². The molecule has 202 valence electrons. The Morgan fingerprint density at radius 3 is 2.50 bits per heavy atom. The highest BCUT2D eigenvalue weighted by Crippen LogP contribution is 2.38. The van der Waals surface area contributed by atoms with E-state index in [0.717, 1.165) is 72.3 Å². The third-order valence-corrected chi connectivity index (χ3v) is 8.80. The summed E-state index contributed by atoms with van der Waals surface area (Å²) in [6, 6.07) is 19.3. The minimum atomic E-state index is -0.676. The number of imidazole rings is 1. The van der Waals surface area contributed by atoms with Crippen molar-refractivity contribution in [3.8, 4) is 33.8 Å². The number of aromatic amines is 1. The average molecular weight is 532 g/mol. The van der Waals surface area contributed by atoms with Crippen LogP contribution in [0.5, 0.6) is 0 Å². The number of H-pyrrole nitrogens is 1. The molecule has 7 nitrogen and oxygen atoms in total. The van der Waals surface area contributed by atoms with Crippen LogP contribution in [-0.2, 0) is 17.8 Å². The molecule has 0 unspecified atom stereocenters. The lowest BCUT2D eigenvalue weighted by Gasteiger charge is -2.28. The number of fused-ring (bicyclic) bond motifs is 2. The lowest BCUT2D eigenvalue weighted by atomic mass is 9.77. The highest BCUT2D eigenvalue weighted by molar-refractivity contribution is 5.85. The normalized spacial score (nSPS) is 19.0. The first-order valence-electron chi connectivity index (χ1n) is 14.4. The molecule has 40 heavy (non-hydrogen) atoms. The first-order valence-corrected chi connectivity index (χ1v) is 14.4. The topological polar surface area (TPSA) is 96.7 Å². The van der Waals surface area contributed by atoms with E-state index in [1.54, 1.807) is 0 Å². The van der Waals surface area contributed by atoms with Crippen LogP contribution in [0, 0.1) is 5.92 Å². The quantitative estimate of drug-likeness (QED) is 0.241. The Bertz CT molecular complexity index is 1660. The summed E-state index contributed by atoms with van der Waals surface area (Å²) in [5.41, 5.74) is 10.0. The smallest absolute Gasteiger partial charge is 0.303 e. The van der Waals surface area contributed by atoms with Gasteiger partial charge in [-0.1, -0.05) is 30.3 Å². The zero-order valence-electron chi connectivity index (χ0n) is 22.5. The molecule has 1 aliphatic heterocycles. The van der Waals surface area contributed by atoms with Crippen molar-refractivity contribution in [3.63, 3.8) is 0 Å². The maximum absolute atomic E-state index is 11.0. The number of aryl methyl sites for hydroxylation is 1. The zero-order chi connectivity index (χ0) is 27.1. The molecule has 2 N–H and O–H groups in total. The molecule has 7 rings (SSSR count). The van der Waals surface area contributed by atoms with Gasteiger partial charge >= 0.3 is 5.97 Å². The minimum absolute atomic E-state index is 0.301. The number of aliphatic carboxylic acids is 1. The predicted molar refractivity (Wildman–Crippen MR) is 156 cm³/mol. The van der Waals surface area contributed by atoms with Crippen molar-refractivity contribution in [2.75, 3.05) is 0 Å². The van der Waals surface area contributed by atoms with Crippen molar-refractivity contribution in [1.29, 1.82) is 0 Å². The molecule has 5 aromatic rings. The van der Waals surface area contributed by atoms with Gasteiger partial charge in [-0.3, -0.25) is 14.5 Å². The van der Waals surface area contributed by atoms with E-state index >= 15 is 0 Å². The molecule has 3 aromatic heterocycles. The summed E-state index contributed by atoms with van der Waals surface area (Å²) in [5.74, 6) is 0.982. The fourth-order valence-electron chi connectivity index (χ4n) is 6.55. The molecule has 0 radical (unpaired) electrons. The first kappa shape index (κ1) is 24.8. The Morgan fingerprint density at radius 1 is 0.925 bits per heavy atom. The summed E-state index contributed by atoms with van der Waals surface area (Å²) in [6.07, 6.45) is 11.8. The number of carboxylic acid groups (broad SMARTS) is 1. The van der Waals surface area contributed by atoms with Crippen LogP contribution in [-0.4, -0.2) is 35.8 Å². The van der Waals surface area contributed by atoms with Gasteiger partial charge in [-0.25, -0.2) is 4.98 Å². The van der Waals surface area contributed by atoms with Crippen LogP contribution in [0.25, 0.3) is 44.8 Å². The number of hydrogen-bond acceptors (Lipinski definition) is 4. The van der Waals surface area contributed by atoms with Gasteiger partial charge in [0.2, 0.25) is 0 Å².